The Labute approximate surface area is 132 Å². The molecule has 0 radical (unpaired) electrons. The lowest BCUT2D eigenvalue weighted by atomic mass is 9.86. The van der Waals surface area contributed by atoms with Crippen molar-refractivity contribution in [3.63, 3.8) is 0 Å². The Morgan fingerprint density at radius 1 is 1.00 bits per heavy atom. The van der Waals surface area contributed by atoms with Gasteiger partial charge in [-0.2, -0.15) is 4.99 Å². The Morgan fingerprint density at radius 2 is 1.59 bits per heavy atom. The monoisotopic (exact) mass is 299 g/mol. The van der Waals surface area contributed by atoms with Crippen LogP contribution < -0.4 is 16.4 Å². The molecule has 1 aromatic rings. The Bertz CT molecular complexity index is 630. The standard InChI is InChI=1S/C17H25N5/c1-11-9-12(2)14(13(3)10-11)22-16(19)20-15(18)21-17(22)7-5-4-6-8-17/h9-10H,4-8H2,1-3H3,(H4,18,19,20,21). The van der Waals surface area contributed by atoms with Gasteiger partial charge < -0.3 is 11.5 Å². The van der Waals surface area contributed by atoms with Gasteiger partial charge in [0.1, 0.15) is 5.66 Å². The predicted octanol–water partition coefficient (Wildman–Crippen LogP) is 2.72. The van der Waals surface area contributed by atoms with E-state index in [0.29, 0.717) is 11.9 Å². The minimum absolute atomic E-state index is 0.304. The van der Waals surface area contributed by atoms with Crippen LogP contribution >= 0.6 is 0 Å². The summed E-state index contributed by atoms with van der Waals surface area (Å²) in [5.74, 6) is 0.766. The van der Waals surface area contributed by atoms with Crippen LogP contribution in [0.2, 0.25) is 0 Å². The first-order chi connectivity index (χ1) is 10.4. The number of hydrogen-bond donors (Lipinski definition) is 2. The summed E-state index contributed by atoms with van der Waals surface area (Å²) in [6.45, 7) is 6.37. The van der Waals surface area contributed by atoms with Gasteiger partial charge in [0.25, 0.3) is 0 Å². The maximum absolute atomic E-state index is 6.30. The zero-order chi connectivity index (χ0) is 15.9. The highest BCUT2D eigenvalue weighted by Gasteiger charge is 2.43. The molecule has 0 aromatic heterocycles. The minimum atomic E-state index is -0.362. The largest absolute Gasteiger partial charge is 0.369 e. The molecule has 2 aliphatic rings. The Morgan fingerprint density at radius 3 is 2.18 bits per heavy atom. The molecule has 5 heteroatoms. The van der Waals surface area contributed by atoms with Gasteiger partial charge in [-0.25, -0.2) is 4.99 Å². The smallest absolute Gasteiger partial charge is 0.220 e. The van der Waals surface area contributed by atoms with Gasteiger partial charge in [-0.15, -0.1) is 0 Å². The Kier molecular flexibility index (Phi) is 3.59. The third-order valence-electron chi connectivity index (χ3n) is 4.71. The highest BCUT2D eigenvalue weighted by molar-refractivity contribution is 6.06. The molecule has 0 bridgehead atoms. The van der Waals surface area contributed by atoms with Gasteiger partial charge in [-0.05, 0) is 57.6 Å². The second kappa shape index (κ2) is 5.30. The number of anilines is 1. The number of rotatable bonds is 1. The van der Waals surface area contributed by atoms with Crippen LogP contribution in [0.3, 0.4) is 0 Å². The fraction of sp³-hybridized carbons (Fsp3) is 0.529. The summed E-state index contributed by atoms with van der Waals surface area (Å²) in [5.41, 5.74) is 16.7. The van der Waals surface area contributed by atoms with Gasteiger partial charge >= 0.3 is 0 Å². The van der Waals surface area contributed by atoms with E-state index in [4.69, 9.17) is 16.5 Å². The molecular weight excluding hydrogens is 274 g/mol. The molecular formula is C17H25N5. The molecule has 118 valence electrons. The van der Waals surface area contributed by atoms with Crippen LogP contribution in [0.5, 0.6) is 0 Å². The van der Waals surface area contributed by atoms with Crippen molar-refractivity contribution in [2.45, 2.75) is 58.5 Å². The van der Waals surface area contributed by atoms with Crippen molar-refractivity contribution in [3.8, 4) is 0 Å². The van der Waals surface area contributed by atoms with E-state index < -0.39 is 0 Å². The van der Waals surface area contributed by atoms with Crippen molar-refractivity contribution < 1.29 is 0 Å². The highest BCUT2D eigenvalue weighted by atomic mass is 15.4. The van der Waals surface area contributed by atoms with Crippen molar-refractivity contribution in [1.29, 1.82) is 0 Å². The molecule has 1 aliphatic carbocycles. The highest BCUT2D eigenvalue weighted by Crippen LogP contribution is 2.41. The fourth-order valence-electron chi connectivity index (χ4n) is 3.97. The summed E-state index contributed by atoms with van der Waals surface area (Å²) >= 11 is 0. The van der Waals surface area contributed by atoms with Crippen molar-refractivity contribution >= 4 is 17.6 Å². The third kappa shape index (κ3) is 2.34. The number of nitrogens with zero attached hydrogens (tertiary/aromatic N) is 3. The quantitative estimate of drug-likeness (QED) is 0.836. The summed E-state index contributed by atoms with van der Waals surface area (Å²) in [5, 5.41) is 0. The van der Waals surface area contributed by atoms with E-state index in [9.17, 15) is 0 Å². The van der Waals surface area contributed by atoms with Gasteiger partial charge in [0.05, 0.1) is 5.69 Å². The summed E-state index contributed by atoms with van der Waals surface area (Å²) in [7, 11) is 0. The maximum Gasteiger partial charge on any atom is 0.220 e. The number of hydrogen-bond acceptors (Lipinski definition) is 5. The van der Waals surface area contributed by atoms with Crippen LogP contribution in [0.4, 0.5) is 5.69 Å². The average molecular weight is 299 g/mol. The van der Waals surface area contributed by atoms with Gasteiger partial charge in [0.2, 0.25) is 11.9 Å². The van der Waals surface area contributed by atoms with Crippen molar-refractivity contribution in [2.24, 2.45) is 21.5 Å². The van der Waals surface area contributed by atoms with E-state index in [2.05, 4.69) is 42.8 Å². The molecule has 1 heterocycles. The van der Waals surface area contributed by atoms with Gasteiger partial charge in [0.15, 0.2) is 0 Å². The maximum atomic E-state index is 6.30. The van der Waals surface area contributed by atoms with Gasteiger partial charge in [0, 0.05) is 0 Å². The molecule has 0 atom stereocenters. The molecule has 1 saturated carbocycles. The van der Waals surface area contributed by atoms with E-state index in [0.717, 1.165) is 31.4 Å². The van der Waals surface area contributed by atoms with Crippen LogP contribution in [0.25, 0.3) is 0 Å². The zero-order valence-corrected chi connectivity index (χ0v) is 13.7. The molecule has 1 aliphatic heterocycles. The number of aliphatic imine (C=N–C) groups is 2. The molecule has 1 aromatic carbocycles. The lowest BCUT2D eigenvalue weighted by Crippen LogP contribution is -2.58. The number of benzene rings is 1. The molecule has 1 spiro atoms. The summed E-state index contributed by atoms with van der Waals surface area (Å²) in [4.78, 5) is 11.1. The molecule has 5 nitrogen and oxygen atoms in total. The topological polar surface area (TPSA) is 80.0 Å². The second-order valence-corrected chi connectivity index (χ2v) is 6.57. The Hall–Kier alpha value is -2.04. The van der Waals surface area contributed by atoms with Crippen LogP contribution in [0.1, 0.15) is 48.8 Å². The van der Waals surface area contributed by atoms with Crippen LogP contribution in [0.15, 0.2) is 22.1 Å². The SMILES string of the molecule is Cc1cc(C)c(N2C(N)=NC(N)=NC23CCCCC3)c(C)c1. The van der Waals surface area contributed by atoms with Crippen LogP contribution in [0, 0.1) is 20.8 Å². The second-order valence-electron chi connectivity index (χ2n) is 6.57. The van der Waals surface area contributed by atoms with Crippen LogP contribution in [-0.2, 0) is 0 Å². The first-order valence-electron chi connectivity index (χ1n) is 8.00. The normalized spacial score (nSPS) is 20.8. The number of guanidine groups is 2. The Balaban J connectivity index is 2.16. The molecule has 22 heavy (non-hydrogen) atoms. The third-order valence-corrected chi connectivity index (χ3v) is 4.71. The van der Waals surface area contributed by atoms with E-state index in [-0.39, 0.29) is 5.66 Å². The molecule has 0 unspecified atom stereocenters. The molecule has 1 fully saturated rings. The van der Waals surface area contributed by atoms with E-state index in [1.54, 1.807) is 0 Å². The number of nitrogens with two attached hydrogens (primary N) is 2. The minimum Gasteiger partial charge on any atom is -0.369 e. The molecule has 4 N–H and O–H groups in total. The first-order valence-corrected chi connectivity index (χ1v) is 8.00. The summed E-state index contributed by atoms with van der Waals surface area (Å²) in [6, 6.07) is 4.38. The van der Waals surface area contributed by atoms with Crippen molar-refractivity contribution in [1.82, 2.24) is 0 Å². The fourth-order valence-corrected chi connectivity index (χ4v) is 3.97. The first kappa shape index (κ1) is 14.9. The van der Waals surface area contributed by atoms with E-state index in [1.807, 2.05) is 0 Å². The summed E-state index contributed by atoms with van der Waals surface area (Å²) in [6.07, 6.45) is 5.47. The van der Waals surface area contributed by atoms with Crippen molar-refractivity contribution in [2.75, 3.05) is 4.90 Å². The lowest BCUT2D eigenvalue weighted by molar-refractivity contribution is 0.305. The number of aryl methyl sites for hydroxylation is 3. The van der Waals surface area contributed by atoms with Crippen molar-refractivity contribution in [3.05, 3.63) is 28.8 Å². The lowest BCUT2D eigenvalue weighted by Gasteiger charge is -2.46. The van der Waals surface area contributed by atoms with Gasteiger partial charge in [-0.3, -0.25) is 4.90 Å². The molecule has 3 rings (SSSR count). The molecule has 0 saturated heterocycles. The molecule has 0 amide bonds. The predicted molar refractivity (Wildman–Crippen MR) is 92.2 cm³/mol. The average Bonchev–Trinajstić information content (AvgIpc) is 2.41. The van der Waals surface area contributed by atoms with E-state index >= 15 is 0 Å². The van der Waals surface area contributed by atoms with Gasteiger partial charge in [-0.1, -0.05) is 24.1 Å². The zero-order valence-electron chi connectivity index (χ0n) is 13.7. The summed E-state index contributed by atoms with van der Waals surface area (Å²) < 4.78 is 0. The van der Waals surface area contributed by atoms with Crippen LogP contribution in [-0.4, -0.2) is 17.6 Å². The van der Waals surface area contributed by atoms with E-state index in [1.165, 1.54) is 23.1 Å².